The van der Waals surface area contributed by atoms with Crippen LogP contribution in [0, 0.1) is 6.92 Å². The number of piperidine rings is 1. The number of nitrogens with zero attached hydrogens (tertiary/aromatic N) is 3. The highest BCUT2D eigenvalue weighted by molar-refractivity contribution is 6.30. The first-order valence-electron chi connectivity index (χ1n) is 12.1. The highest BCUT2D eigenvalue weighted by atomic mass is 35.5. The summed E-state index contributed by atoms with van der Waals surface area (Å²) in [6.45, 7) is 6.69. The van der Waals surface area contributed by atoms with E-state index in [1.807, 2.05) is 18.2 Å². The van der Waals surface area contributed by atoms with E-state index >= 15 is 0 Å². The summed E-state index contributed by atoms with van der Waals surface area (Å²) in [4.78, 5) is 22.4. The normalized spacial score (nSPS) is 17.3. The number of nitrogens with one attached hydrogen (secondary N) is 1. The number of amides is 1. The largest absolute Gasteiger partial charge is 0.484 e. The molecule has 2 aliphatic rings. The molecule has 7 heteroatoms. The predicted octanol–water partition coefficient (Wildman–Crippen LogP) is 5.28. The van der Waals surface area contributed by atoms with Crippen LogP contribution in [0.1, 0.15) is 31.2 Å². The summed E-state index contributed by atoms with van der Waals surface area (Å²) >= 11 is 5.88. The molecule has 2 fully saturated rings. The number of halogens is 1. The van der Waals surface area contributed by atoms with Gasteiger partial charge in [0.15, 0.2) is 6.61 Å². The van der Waals surface area contributed by atoms with E-state index in [9.17, 15) is 4.79 Å². The lowest BCUT2D eigenvalue weighted by molar-refractivity contribution is -0.118. The molecule has 2 saturated heterocycles. The third kappa shape index (κ3) is 5.29. The molecular weight excluding hydrogens is 448 g/mol. The summed E-state index contributed by atoms with van der Waals surface area (Å²) in [7, 11) is 0. The third-order valence-corrected chi connectivity index (χ3v) is 7.17. The lowest BCUT2D eigenvalue weighted by Gasteiger charge is -2.37. The summed E-state index contributed by atoms with van der Waals surface area (Å²) in [5.41, 5.74) is 2.85. The van der Waals surface area contributed by atoms with Gasteiger partial charge < -0.3 is 19.9 Å². The number of rotatable bonds is 6. The van der Waals surface area contributed by atoms with Gasteiger partial charge >= 0.3 is 0 Å². The Morgan fingerprint density at radius 2 is 1.79 bits per heavy atom. The van der Waals surface area contributed by atoms with Crippen molar-refractivity contribution in [2.75, 3.05) is 43.0 Å². The van der Waals surface area contributed by atoms with Crippen LogP contribution in [0.25, 0.3) is 10.9 Å². The lowest BCUT2D eigenvalue weighted by Crippen LogP contribution is -2.44. The zero-order valence-corrected chi connectivity index (χ0v) is 20.4. The van der Waals surface area contributed by atoms with Gasteiger partial charge in [0, 0.05) is 35.2 Å². The first-order valence-corrected chi connectivity index (χ1v) is 12.5. The zero-order valence-electron chi connectivity index (χ0n) is 19.6. The van der Waals surface area contributed by atoms with Gasteiger partial charge in [-0.2, -0.15) is 0 Å². The Kier molecular flexibility index (Phi) is 6.88. The number of ether oxygens (including phenoxy) is 1. The Hall–Kier alpha value is -2.83. The number of aryl methyl sites for hydroxylation is 1. The van der Waals surface area contributed by atoms with Crippen molar-refractivity contribution in [3.8, 4) is 5.75 Å². The standard InChI is InChI=1S/C27H31ClN4O2/c1-19-16-26(32-14-10-22(11-15-32)31-12-2-3-13-31)30-25-9-6-21(17-24(19)25)29-27(33)18-34-23-7-4-20(28)5-8-23/h4-9,16-17,22H,2-3,10-15,18H2,1H3,(H,29,33). The van der Waals surface area contributed by atoms with Gasteiger partial charge in [0.1, 0.15) is 11.6 Å². The number of benzene rings is 2. The van der Waals surface area contributed by atoms with E-state index < -0.39 is 0 Å². The average molecular weight is 479 g/mol. The number of likely N-dealkylation sites (tertiary alicyclic amines) is 1. The lowest BCUT2D eigenvalue weighted by atomic mass is 10.0. The average Bonchev–Trinajstić information content (AvgIpc) is 3.39. The molecule has 1 N–H and O–H groups in total. The quantitative estimate of drug-likeness (QED) is 0.522. The highest BCUT2D eigenvalue weighted by Gasteiger charge is 2.27. The monoisotopic (exact) mass is 478 g/mol. The van der Waals surface area contributed by atoms with Gasteiger partial charge in [-0.1, -0.05) is 11.6 Å². The predicted molar refractivity (Wildman–Crippen MR) is 138 cm³/mol. The number of fused-ring (bicyclic) bond motifs is 1. The summed E-state index contributed by atoms with van der Waals surface area (Å²) in [5, 5.41) is 4.60. The van der Waals surface area contributed by atoms with Crippen LogP contribution in [0.3, 0.4) is 0 Å². The van der Waals surface area contributed by atoms with Crippen LogP contribution >= 0.6 is 11.6 Å². The smallest absolute Gasteiger partial charge is 0.262 e. The molecular formula is C27H31ClN4O2. The summed E-state index contributed by atoms with van der Waals surface area (Å²) < 4.78 is 5.54. The Morgan fingerprint density at radius 1 is 1.06 bits per heavy atom. The summed E-state index contributed by atoms with van der Waals surface area (Å²) in [6, 6.07) is 15.7. The van der Waals surface area contributed by atoms with E-state index in [2.05, 4.69) is 28.1 Å². The second-order valence-electron chi connectivity index (χ2n) is 9.28. The van der Waals surface area contributed by atoms with Crippen molar-refractivity contribution in [1.82, 2.24) is 9.88 Å². The number of carbonyl (C=O) groups excluding carboxylic acids is 1. The van der Waals surface area contributed by atoms with Gasteiger partial charge in [-0.15, -0.1) is 0 Å². The number of pyridine rings is 1. The maximum Gasteiger partial charge on any atom is 0.262 e. The molecule has 1 aromatic heterocycles. The molecule has 3 heterocycles. The topological polar surface area (TPSA) is 57.7 Å². The molecule has 2 aromatic carbocycles. The molecule has 0 spiro atoms. The highest BCUT2D eigenvalue weighted by Crippen LogP contribution is 2.28. The third-order valence-electron chi connectivity index (χ3n) is 6.91. The Balaban J connectivity index is 1.21. The molecule has 0 atom stereocenters. The van der Waals surface area contributed by atoms with Crippen LogP contribution < -0.4 is 15.0 Å². The molecule has 0 unspecified atom stereocenters. The minimum atomic E-state index is -0.211. The molecule has 1 amide bonds. The van der Waals surface area contributed by atoms with Crippen LogP contribution in [0.2, 0.25) is 5.02 Å². The Labute approximate surface area is 205 Å². The SMILES string of the molecule is Cc1cc(N2CCC(N3CCCC3)CC2)nc2ccc(NC(=O)COc3ccc(Cl)cc3)cc12. The fourth-order valence-corrected chi connectivity index (χ4v) is 5.19. The molecule has 178 valence electrons. The first-order chi connectivity index (χ1) is 16.5. The molecule has 6 nitrogen and oxygen atoms in total. The van der Waals surface area contributed by atoms with E-state index in [4.69, 9.17) is 21.3 Å². The molecule has 0 bridgehead atoms. The van der Waals surface area contributed by atoms with E-state index in [0.29, 0.717) is 10.8 Å². The van der Waals surface area contributed by atoms with E-state index in [-0.39, 0.29) is 12.5 Å². The molecule has 0 radical (unpaired) electrons. The second kappa shape index (κ2) is 10.2. The zero-order chi connectivity index (χ0) is 23.5. The maximum absolute atomic E-state index is 12.4. The van der Waals surface area contributed by atoms with Crippen LogP contribution in [0.15, 0.2) is 48.5 Å². The van der Waals surface area contributed by atoms with Gasteiger partial charge in [0.05, 0.1) is 5.52 Å². The van der Waals surface area contributed by atoms with Crippen molar-refractivity contribution in [2.24, 2.45) is 0 Å². The van der Waals surface area contributed by atoms with Crippen LogP contribution in [0.5, 0.6) is 5.75 Å². The minimum Gasteiger partial charge on any atom is -0.484 e. The Morgan fingerprint density at radius 3 is 2.53 bits per heavy atom. The van der Waals surface area contributed by atoms with Crippen molar-refractivity contribution in [2.45, 2.75) is 38.6 Å². The number of carbonyl (C=O) groups is 1. The van der Waals surface area contributed by atoms with Crippen molar-refractivity contribution in [3.05, 3.63) is 59.1 Å². The number of aromatic nitrogens is 1. The van der Waals surface area contributed by atoms with Crippen LogP contribution in [0.4, 0.5) is 11.5 Å². The van der Waals surface area contributed by atoms with Gasteiger partial charge in [-0.3, -0.25) is 4.79 Å². The number of hydrogen-bond donors (Lipinski definition) is 1. The van der Waals surface area contributed by atoms with Crippen molar-refractivity contribution in [1.29, 1.82) is 0 Å². The van der Waals surface area contributed by atoms with E-state index in [1.54, 1.807) is 24.3 Å². The number of hydrogen-bond acceptors (Lipinski definition) is 5. The molecule has 34 heavy (non-hydrogen) atoms. The van der Waals surface area contributed by atoms with Gasteiger partial charge in [-0.25, -0.2) is 4.98 Å². The van der Waals surface area contributed by atoms with E-state index in [1.165, 1.54) is 38.8 Å². The van der Waals surface area contributed by atoms with Crippen LogP contribution in [-0.4, -0.2) is 54.6 Å². The Bertz CT molecular complexity index is 1150. The van der Waals surface area contributed by atoms with Crippen molar-refractivity contribution in [3.63, 3.8) is 0 Å². The van der Waals surface area contributed by atoms with Gasteiger partial charge in [0.2, 0.25) is 0 Å². The first kappa shape index (κ1) is 22.9. The summed E-state index contributed by atoms with van der Waals surface area (Å²) in [6.07, 6.45) is 5.12. The van der Waals surface area contributed by atoms with Crippen molar-refractivity contribution >= 4 is 39.9 Å². The minimum absolute atomic E-state index is 0.0662. The second-order valence-corrected chi connectivity index (χ2v) is 9.72. The molecule has 5 rings (SSSR count). The maximum atomic E-state index is 12.4. The molecule has 0 saturated carbocycles. The van der Waals surface area contributed by atoms with Crippen molar-refractivity contribution < 1.29 is 9.53 Å². The van der Waals surface area contributed by atoms with E-state index in [0.717, 1.165) is 47.1 Å². The molecule has 3 aromatic rings. The summed E-state index contributed by atoms with van der Waals surface area (Å²) in [5.74, 6) is 1.45. The fraction of sp³-hybridized carbons (Fsp3) is 0.407. The van der Waals surface area contributed by atoms with Crippen LogP contribution in [-0.2, 0) is 4.79 Å². The van der Waals surface area contributed by atoms with Gasteiger partial charge in [0.25, 0.3) is 5.91 Å². The molecule has 0 aliphatic carbocycles. The number of anilines is 2. The molecule has 2 aliphatic heterocycles. The van der Waals surface area contributed by atoms with Gasteiger partial charge in [-0.05, 0) is 99.8 Å². The fourth-order valence-electron chi connectivity index (χ4n) is 5.06.